The van der Waals surface area contributed by atoms with Crippen LogP contribution in [0, 0.1) is 0 Å². The summed E-state index contributed by atoms with van der Waals surface area (Å²) >= 11 is 0. The summed E-state index contributed by atoms with van der Waals surface area (Å²) in [5.41, 5.74) is 4.47. The van der Waals surface area contributed by atoms with Crippen LogP contribution in [-0.4, -0.2) is 14.5 Å². The molecule has 2 aromatic heterocycles. The summed E-state index contributed by atoms with van der Waals surface area (Å²) in [6.45, 7) is 0.869. The Morgan fingerprint density at radius 2 is 1.64 bits per heavy atom. The van der Waals surface area contributed by atoms with Crippen LogP contribution in [0.15, 0.2) is 91.4 Å². The molecule has 0 aliphatic carbocycles. The van der Waals surface area contributed by atoms with E-state index in [0.29, 0.717) is 0 Å². The third-order valence-electron chi connectivity index (χ3n) is 4.77. The van der Waals surface area contributed by atoms with Gasteiger partial charge in [-0.1, -0.05) is 42.5 Å². The van der Waals surface area contributed by atoms with E-state index in [-0.39, 0.29) is 12.4 Å². The van der Waals surface area contributed by atoms with Gasteiger partial charge in [0.05, 0.1) is 5.52 Å². The normalized spacial score (nSPS) is 10.7. The Morgan fingerprint density at radius 3 is 2.54 bits per heavy atom. The molecular weight excluding hydrogens is 368 g/mol. The third-order valence-corrected chi connectivity index (χ3v) is 4.77. The SMILES string of the molecule is Cl.c1ccc(Cn2ccc3cc(Nc4ncnc5ccccc45)ccc32)cc1. The summed E-state index contributed by atoms with van der Waals surface area (Å²) in [5.74, 6) is 0.823. The van der Waals surface area contributed by atoms with Crippen molar-refractivity contribution >= 4 is 45.7 Å². The number of nitrogens with zero attached hydrogens (tertiary/aromatic N) is 3. The van der Waals surface area contributed by atoms with Crippen LogP contribution >= 0.6 is 12.4 Å². The first kappa shape index (κ1) is 18.0. The molecule has 0 saturated heterocycles. The van der Waals surface area contributed by atoms with E-state index in [1.54, 1.807) is 6.33 Å². The van der Waals surface area contributed by atoms with Crippen LogP contribution in [0.2, 0.25) is 0 Å². The molecule has 2 heterocycles. The van der Waals surface area contributed by atoms with Crippen LogP contribution in [0.1, 0.15) is 5.56 Å². The number of para-hydroxylation sites is 1. The second-order valence-electron chi connectivity index (χ2n) is 6.57. The Bertz CT molecular complexity index is 1230. The van der Waals surface area contributed by atoms with Gasteiger partial charge in [-0.2, -0.15) is 0 Å². The minimum Gasteiger partial charge on any atom is -0.343 e. The number of nitrogens with one attached hydrogen (secondary N) is 1. The smallest absolute Gasteiger partial charge is 0.141 e. The average molecular weight is 387 g/mol. The molecule has 28 heavy (non-hydrogen) atoms. The lowest BCUT2D eigenvalue weighted by molar-refractivity contribution is 0.837. The zero-order valence-electron chi connectivity index (χ0n) is 15.1. The van der Waals surface area contributed by atoms with Crippen molar-refractivity contribution in [3.8, 4) is 0 Å². The number of benzene rings is 3. The summed E-state index contributed by atoms with van der Waals surface area (Å²) in [6, 6.07) is 27.1. The molecule has 0 atom stereocenters. The number of anilines is 2. The molecule has 3 aromatic carbocycles. The van der Waals surface area contributed by atoms with Crippen LogP contribution in [0.25, 0.3) is 21.8 Å². The monoisotopic (exact) mass is 386 g/mol. The van der Waals surface area contributed by atoms with Crippen molar-refractivity contribution in [3.05, 3.63) is 97.0 Å². The van der Waals surface area contributed by atoms with Crippen molar-refractivity contribution in [2.24, 2.45) is 0 Å². The minimum absolute atomic E-state index is 0. The van der Waals surface area contributed by atoms with Crippen LogP contribution < -0.4 is 5.32 Å². The van der Waals surface area contributed by atoms with Crippen LogP contribution in [-0.2, 0) is 6.54 Å². The maximum absolute atomic E-state index is 4.42. The fourth-order valence-corrected chi connectivity index (χ4v) is 3.44. The lowest BCUT2D eigenvalue weighted by Gasteiger charge is -2.09. The highest BCUT2D eigenvalue weighted by molar-refractivity contribution is 5.92. The molecule has 0 saturated carbocycles. The van der Waals surface area contributed by atoms with Crippen LogP contribution in [0.3, 0.4) is 0 Å². The third kappa shape index (κ3) is 3.42. The van der Waals surface area contributed by atoms with Gasteiger partial charge in [-0.25, -0.2) is 9.97 Å². The zero-order chi connectivity index (χ0) is 18.1. The van der Waals surface area contributed by atoms with E-state index in [9.17, 15) is 0 Å². The second-order valence-corrected chi connectivity index (χ2v) is 6.57. The summed E-state index contributed by atoms with van der Waals surface area (Å²) < 4.78 is 2.27. The van der Waals surface area contributed by atoms with Crippen molar-refractivity contribution in [2.45, 2.75) is 6.54 Å². The molecule has 138 valence electrons. The largest absolute Gasteiger partial charge is 0.343 e. The molecule has 0 bridgehead atoms. The van der Waals surface area contributed by atoms with Crippen molar-refractivity contribution in [2.75, 3.05) is 5.32 Å². The fourth-order valence-electron chi connectivity index (χ4n) is 3.44. The van der Waals surface area contributed by atoms with Gasteiger partial charge in [0, 0.05) is 34.7 Å². The first-order chi connectivity index (χ1) is 13.4. The Hall–Kier alpha value is -3.37. The van der Waals surface area contributed by atoms with Gasteiger partial charge >= 0.3 is 0 Å². The summed E-state index contributed by atoms with van der Waals surface area (Å²) in [7, 11) is 0. The Morgan fingerprint density at radius 1 is 0.821 bits per heavy atom. The molecule has 1 N–H and O–H groups in total. The molecule has 0 spiro atoms. The quantitative estimate of drug-likeness (QED) is 0.424. The number of fused-ring (bicyclic) bond motifs is 2. The Balaban J connectivity index is 0.00000192. The number of rotatable bonds is 4. The van der Waals surface area contributed by atoms with E-state index < -0.39 is 0 Å². The van der Waals surface area contributed by atoms with Crippen LogP contribution in [0.5, 0.6) is 0 Å². The maximum Gasteiger partial charge on any atom is 0.141 e. The molecule has 5 rings (SSSR count). The van der Waals surface area contributed by atoms with E-state index in [4.69, 9.17) is 0 Å². The average Bonchev–Trinajstić information content (AvgIpc) is 3.11. The molecule has 0 aliphatic rings. The number of halogens is 1. The molecule has 0 fully saturated rings. The molecular formula is C23H19ClN4. The molecule has 0 unspecified atom stereocenters. The predicted octanol–water partition coefficient (Wildman–Crippen LogP) is 5.80. The van der Waals surface area contributed by atoms with Gasteiger partial charge in [0.1, 0.15) is 12.1 Å². The second kappa shape index (κ2) is 7.71. The standard InChI is InChI=1S/C23H18N4.ClH/c1-2-6-17(7-3-1)15-27-13-12-18-14-19(10-11-22(18)27)26-23-20-8-4-5-9-21(20)24-16-25-23;/h1-14,16H,15H2,(H,24,25,26);1H. The van der Waals surface area contributed by atoms with Gasteiger partial charge < -0.3 is 9.88 Å². The Kier molecular flexibility index (Phi) is 4.96. The van der Waals surface area contributed by atoms with E-state index >= 15 is 0 Å². The molecule has 5 heteroatoms. The van der Waals surface area contributed by atoms with Gasteiger partial charge in [0.2, 0.25) is 0 Å². The minimum atomic E-state index is 0. The van der Waals surface area contributed by atoms with Crippen LogP contribution in [0.4, 0.5) is 11.5 Å². The number of aromatic nitrogens is 3. The molecule has 0 radical (unpaired) electrons. The highest BCUT2D eigenvalue weighted by Gasteiger charge is 2.06. The van der Waals surface area contributed by atoms with Gasteiger partial charge in [-0.15, -0.1) is 12.4 Å². The molecule has 0 amide bonds. The number of hydrogen-bond acceptors (Lipinski definition) is 3. The summed E-state index contributed by atoms with van der Waals surface area (Å²) in [4.78, 5) is 8.74. The Labute approximate surface area is 169 Å². The first-order valence-corrected chi connectivity index (χ1v) is 8.96. The fraction of sp³-hybridized carbons (Fsp3) is 0.0435. The van der Waals surface area contributed by atoms with Gasteiger partial charge in [-0.3, -0.25) is 0 Å². The zero-order valence-corrected chi connectivity index (χ0v) is 15.9. The highest BCUT2D eigenvalue weighted by Crippen LogP contribution is 2.26. The van der Waals surface area contributed by atoms with E-state index in [1.807, 2.05) is 30.3 Å². The van der Waals surface area contributed by atoms with Crippen molar-refractivity contribution in [1.29, 1.82) is 0 Å². The van der Waals surface area contributed by atoms with E-state index in [0.717, 1.165) is 29.0 Å². The van der Waals surface area contributed by atoms with Crippen molar-refractivity contribution < 1.29 is 0 Å². The van der Waals surface area contributed by atoms with Gasteiger partial charge in [-0.05, 0) is 42.0 Å². The van der Waals surface area contributed by atoms with E-state index in [2.05, 4.69) is 74.6 Å². The van der Waals surface area contributed by atoms with Crippen molar-refractivity contribution in [1.82, 2.24) is 14.5 Å². The van der Waals surface area contributed by atoms with E-state index in [1.165, 1.54) is 16.5 Å². The maximum atomic E-state index is 4.42. The highest BCUT2D eigenvalue weighted by atomic mass is 35.5. The molecule has 0 aliphatic heterocycles. The summed E-state index contributed by atoms with van der Waals surface area (Å²) in [5, 5.41) is 5.66. The topological polar surface area (TPSA) is 42.7 Å². The molecule has 4 nitrogen and oxygen atoms in total. The van der Waals surface area contributed by atoms with Crippen molar-refractivity contribution in [3.63, 3.8) is 0 Å². The summed E-state index contributed by atoms with van der Waals surface area (Å²) in [6.07, 6.45) is 3.74. The van der Waals surface area contributed by atoms with Gasteiger partial charge in [0.15, 0.2) is 0 Å². The predicted molar refractivity (Wildman–Crippen MR) is 118 cm³/mol. The number of hydrogen-bond donors (Lipinski definition) is 1. The molecule has 5 aromatic rings. The first-order valence-electron chi connectivity index (χ1n) is 8.96. The lowest BCUT2D eigenvalue weighted by Crippen LogP contribution is -1.98. The lowest BCUT2D eigenvalue weighted by atomic mass is 10.2. The van der Waals surface area contributed by atoms with Gasteiger partial charge in [0.25, 0.3) is 0 Å².